The van der Waals surface area contributed by atoms with Crippen LogP contribution in [-0.4, -0.2) is 17.4 Å². The van der Waals surface area contributed by atoms with E-state index in [1.807, 2.05) is 28.5 Å². The predicted molar refractivity (Wildman–Crippen MR) is 98.7 cm³/mol. The molecule has 1 aliphatic heterocycles. The van der Waals surface area contributed by atoms with Crippen LogP contribution in [0.15, 0.2) is 53.9 Å². The van der Waals surface area contributed by atoms with Crippen molar-refractivity contribution in [3.05, 3.63) is 70.7 Å². The Morgan fingerprint density at radius 2 is 1.92 bits per heavy atom. The van der Waals surface area contributed by atoms with Crippen LogP contribution in [0.25, 0.3) is 10.6 Å². The molecule has 1 aliphatic rings. The Hall–Kier alpha value is -2.46. The summed E-state index contributed by atoms with van der Waals surface area (Å²) in [6.45, 7) is 2.82. The Morgan fingerprint density at radius 3 is 2.75 bits per heavy atom. The summed E-state index contributed by atoms with van der Waals surface area (Å²) in [4.78, 5) is 19.4. The smallest absolute Gasteiger partial charge is 0.277 e. The number of nitrogens with zero attached hydrogens (tertiary/aromatic N) is 2. The van der Waals surface area contributed by atoms with E-state index in [-0.39, 0.29) is 5.91 Å². The van der Waals surface area contributed by atoms with Crippen LogP contribution >= 0.6 is 11.3 Å². The van der Waals surface area contributed by atoms with E-state index in [2.05, 4.69) is 42.2 Å². The third-order valence-electron chi connectivity index (χ3n) is 4.38. The minimum absolute atomic E-state index is 0.00300. The first-order valence-electron chi connectivity index (χ1n) is 8.15. The summed E-state index contributed by atoms with van der Waals surface area (Å²) in [7, 11) is 0. The van der Waals surface area contributed by atoms with Crippen molar-refractivity contribution >= 4 is 22.9 Å². The van der Waals surface area contributed by atoms with Gasteiger partial charge in [-0.3, -0.25) is 4.79 Å². The zero-order chi connectivity index (χ0) is 16.5. The number of fused-ring (bicyclic) bond motifs is 1. The molecule has 0 atom stereocenters. The fraction of sp³-hybridized carbons (Fsp3) is 0.200. The number of amides is 1. The SMILES string of the molecule is Cc1ccc(-c2nc(C(=O)N3CCCc4ccccc43)cs2)cc1. The standard InChI is InChI=1S/C20H18N2OS/c1-14-8-10-16(11-9-14)19-21-17(13-24-19)20(23)22-12-4-6-15-5-2-3-7-18(15)22/h2-3,5,7-11,13H,4,6,12H2,1H3. The molecule has 2 heterocycles. The molecule has 3 nitrogen and oxygen atoms in total. The van der Waals surface area contributed by atoms with Gasteiger partial charge in [0.2, 0.25) is 0 Å². The summed E-state index contributed by atoms with van der Waals surface area (Å²) in [5.74, 6) is -0.00300. The number of rotatable bonds is 2. The molecule has 120 valence electrons. The summed E-state index contributed by atoms with van der Waals surface area (Å²) in [6, 6.07) is 16.4. The van der Waals surface area contributed by atoms with E-state index in [1.54, 1.807) is 0 Å². The molecule has 1 amide bonds. The van der Waals surface area contributed by atoms with Crippen LogP contribution in [0.2, 0.25) is 0 Å². The van der Waals surface area contributed by atoms with Gasteiger partial charge in [0.15, 0.2) is 0 Å². The van der Waals surface area contributed by atoms with Crippen molar-refractivity contribution in [1.29, 1.82) is 0 Å². The van der Waals surface area contributed by atoms with E-state index >= 15 is 0 Å². The molecule has 4 heteroatoms. The van der Waals surface area contributed by atoms with Gasteiger partial charge in [0, 0.05) is 23.2 Å². The minimum Gasteiger partial charge on any atom is -0.307 e. The summed E-state index contributed by atoms with van der Waals surface area (Å²) in [5, 5.41) is 2.76. The monoisotopic (exact) mass is 334 g/mol. The zero-order valence-electron chi connectivity index (χ0n) is 13.5. The highest BCUT2D eigenvalue weighted by atomic mass is 32.1. The average molecular weight is 334 g/mol. The van der Waals surface area contributed by atoms with Gasteiger partial charge in [-0.05, 0) is 31.4 Å². The highest BCUT2D eigenvalue weighted by Crippen LogP contribution is 2.30. The first kappa shape index (κ1) is 15.1. The third-order valence-corrected chi connectivity index (χ3v) is 5.27. The highest BCUT2D eigenvalue weighted by molar-refractivity contribution is 7.13. The van der Waals surface area contributed by atoms with Crippen molar-refractivity contribution < 1.29 is 4.79 Å². The van der Waals surface area contributed by atoms with E-state index in [0.29, 0.717) is 5.69 Å². The average Bonchev–Trinajstić information content (AvgIpc) is 3.11. The molecule has 2 aromatic carbocycles. The zero-order valence-corrected chi connectivity index (χ0v) is 14.3. The molecule has 0 unspecified atom stereocenters. The number of thiazole rings is 1. The van der Waals surface area contributed by atoms with Crippen molar-refractivity contribution in [3.63, 3.8) is 0 Å². The molecule has 1 aromatic heterocycles. The summed E-state index contributed by atoms with van der Waals surface area (Å²) < 4.78 is 0. The van der Waals surface area contributed by atoms with Gasteiger partial charge in [-0.15, -0.1) is 11.3 Å². The molecule has 0 fully saturated rings. The maximum Gasteiger partial charge on any atom is 0.277 e. The highest BCUT2D eigenvalue weighted by Gasteiger charge is 2.25. The first-order valence-corrected chi connectivity index (χ1v) is 9.03. The van der Waals surface area contributed by atoms with E-state index < -0.39 is 0 Å². The number of anilines is 1. The lowest BCUT2D eigenvalue weighted by molar-refractivity contribution is 0.0981. The first-order chi connectivity index (χ1) is 11.7. The molecule has 0 radical (unpaired) electrons. The van der Waals surface area contributed by atoms with Gasteiger partial charge >= 0.3 is 0 Å². The molecule has 0 saturated carbocycles. The maximum atomic E-state index is 12.9. The Bertz CT molecular complexity index is 883. The number of benzene rings is 2. The molecular formula is C20H18N2OS. The van der Waals surface area contributed by atoms with E-state index in [4.69, 9.17) is 0 Å². The lowest BCUT2D eigenvalue weighted by Crippen LogP contribution is -2.35. The quantitative estimate of drug-likeness (QED) is 0.680. The molecule has 0 N–H and O–H groups in total. The lowest BCUT2D eigenvalue weighted by atomic mass is 10.0. The summed E-state index contributed by atoms with van der Waals surface area (Å²) in [6.07, 6.45) is 2.03. The van der Waals surface area contributed by atoms with Crippen LogP contribution in [0.5, 0.6) is 0 Å². The van der Waals surface area contributed by atoms with Crippen molar-refractivity contribution in [2.24, 2.45) is 0 Å². The Morgan fingerprint density at radius 1 is 1.12 bits per heavy atom. The second kappa shape index (κ2) is 6.21. The van der Waals surface area contributed by atoms with Gasteiger partial charge in [0.25, 0.3) is 5.91 Å². The summed E-state index contributed by atoms with van der Waals surface area (Å²) >= 11 is 1.52. The van der Waals surface area contributed by atoms with Crippen LogP contribution < -0.4 is 4.90 Å². The number of aryl methyl sites for hydroxylation is 2. The Labute approximate surface area is 145 Å². The molecule has 0 aliphatic carbocycles. The van der Waals surface area contributed by atoms with Gasteiger partial charge in [0.05, 0.1) is 0 Å². The van der Waals surface area contributed by atoms with E-state index in [0.717, 1.165) is 35.6 Å². The molecule has 0 saturated heterocycles. The van der Waals surface area contributed by atoms with Gasteiger partial charge in [-0.2, -0.15) is 0 Å². The summed E-state index contributed by atoms with van der Waals surface area (Å²) in [5.41, 5.74) is 5.08. The number of aromatic nitrogens is 1. The number of para-hydroxylation sites is 1. The fourth-order valence-corrected chi connectivity index (χ4v) is 3.88. The van der Waals surface area contributed by atoms with Gasteiger partial charge < -0.3 is 4.90 Å². The second-order valence-electron chi connectivity index (χ2n) is 6.09. The number of hydrogen-bond acceptors (Lipinski definition) is 3. The molecule has 0 spiro atoms. The van der Waals surface area contributed by atoms with Gasteiger partial charge in [-0.1, -0.05) is 48.0 Å². The molecule has 3 aromatic rings. The van der Waals surface area contributed by atoms with Crippen LogP contribution in [0.4, 0.5) is 5.69 Å². The van der Waals surface area contributed by atoms with Crippen LogP contribution in [-0.2, 0) is 6.42 Å². The molecular weight excluding hydrogens is 316 g/mol. The Balaban J connectivity index is 1.63. The third kappa shape index (κ3) is 2.74. The second-order valence-corrected chi connectivity index (χ2v) is 6.95. The molecule has 4 rings (SSSR count). The van der Waals surface area contributed by atoms with Crippen LogP contribution in [0.1, 0.15) is 28.0 Å². The molecule has 0 bridgehead atoms. The van der Waals surface area contributed by atoms with Crippen LogP contribution in [0, 0.1) is 6.92 Å². The minimum atomic E-state index is -0.00300. The number of carbonyl (C=O) groups excluding carboxylic acids is 1. The lowest BCUT2D eigenvalue weighted by Gasteiger charge is -2.28. The van der Waals surface area contributed by atoms with E-state index in [1.165, 1.54) is 22.5 Å². The molecule has 24 heavy (non-hydrogen) atoms. The van der Waals surface area contributed by atoms with Gasteiger partial charge in [0.1, 0.15) is 10.7 Å². The van der Waals surface area contributed by atoms with Crippen LogP contribution in [0.3, 0.4) is 0 Å². The van der Waals surface area contributed by atoms with Crippen molar-refractivity contribution in [2.75, 3.05) is 11.4 Å². The normalized spacial score (nSPS) is 13.6. The number of carbonyl (C=O) groups is 1. The maximum absolute atomic E-state index is 12.9. The van der Waals surface area contributed by atoms with E-state index in [9.17, 15) is 4.79 Å². The van der Waals surface area contributed by atoms with Crippen molar-refractivity contribution in [1.82, 2.24) is 4.98 Å². The largest absolute Gasteiger partial charge is 0.307 e. The van der Waals surface area contributed by atoms with Crippen molar-refractivity contribution in [2.45, 2.75) is 19.8 Å². The predicted octanol–water partition coefficient (Wildman–Crippen LogP) is 4.71. The topological polar surface area (TPSA) is 33.2 Å². The number of hydrogen-bond donors (Lipinski definition) is 0. The van der Waals surface area contributed by atoms with Gasteiger partial charge in [-0.25, -0.2) is 4.98 Å². The van der Waals surface area contributed by atoms with Crippen molar-refractivity contribution in [3.8, 4) is 10.6 Å². The fourth-order valence-electron chi connectivity index (χ4n) is 3.08. The Kier molecular flexibility index (Phi) is 3.90.